The highest BCUT2D eigenvalue weighted by Gasteiger charge is 2.20. The fraction of sp³-hybridized carbons (Fsp3) is 0.562. The van der Waals surface area contributed by atoms with Gasteiger partial charge in [-0.2, -0.15) is 0 Å². The molecule has 2 N–H and O–H groups in total. The molecule has 5 nitrogen and oxygen atoms in total. The lowest BCUT2D eigenvalue weighted by Crippen LogP contribution is -2.30. The van der Waals surface area contributed by atoms with Gasteiger partial charge in [0.1, 0.15) is 0 Å². The largest absolute Gasteiger partial charge is 0.383 e. The summed E-state index contributed by atoms with van der Waals surface area (Å²) in [4.78, 5) is 11.8. The molecule has 1 saturated carbocycles. The summed E-state index contributed by atoms with van der Waals surface area (Å²) in [7, 11) is 1.64. The molecule has 0 aromatic heterocycles. The number of hydrogen-bond acceptors (Lipinski definition) is 4. The van der Waals surface area contributed by atoms with Gasteiger partial charge in [-0.3, -0.25) is 4.79 Å². The van der Waals surface area contributed by atoms with Gasteiger partial charge in [-0.15, -0.1) is 0 Å². The molecule has 21 heavy (non-hydrogen) atoms. The lowest BCUT2D eigenvalue weighted by Gasteiger charge is -2.09. The smallest absolute Gasteiger partial charge is 0.238 e. The number of rotatable bonds is 10. The van der Waals surface area contributed by atoms with Crippen LogP contribution < -0.4 is 10.6 Å². The number of benzene rings is 1. The van der Waals surface area contributed by atoms with Gasteiger partial charge in [0.05, 0.1) is 19.8 Å². The van der Waals surface area contributed by atoms with Gasteiger partial charge in [0, 0.05) is 25.9 Å². The van der Waals surface area contributed by atoms with Crippen molar-refractivity contribution in [2.45, 2.75) is 19.4 Å². The molecule has 5 heteroatoms. The minimum atomic E-state index is -0.0536. The number of carbonyl (C=O) groups is 1. The summed E-state index contributed by atoms with van der Waals surface area (Å²) < 4.78 is 10.6. The number of ether oxygens (including phenoxy) is 2. The van der Waals surface area contributed by atoms with E-state index >= 15 is 0 Å². The molecular formula is C16H24N2O3. The van der Waals surface area contributed by atoms with Crippen molar-refractivity contribution in [3.8, 4) is 0 Å². The zero-order valence-corrected chi connectivity index (χ0v) is 12.6. The van der Waals surface area contributed by atoms with E-state index in [2.05, 4.69) is 10.6 Å². The first-order chi connectivity index (χ1) is 10.3. The molecule has 0 atom stereocenters. The third-order valence-corrected chi connectivity index (χ3v) is 3.30. The second-order valence-corrected chi connectivity index (χ2v) is 5.38. The zero-order valence-electron chi connectivity index (χ0n) is 12.6. The summed E-state index contributed by atoms with van der Waals surface area (Å²) in [5.41, 5.74) is 1.89. The maximum absolute atomic E-state index is 11.8. The lowest BCUT2D eigenvalue weighted by atomic mass is 10.2. The van der Waals surface area contributed by atoms with Crippen molar-refractivity contribution >= 4 is 11.6 Å². The highest BCUT2D eigenvalue weighted by atomic mass is 16.5. The first-order valence-corrected chi connectivity index (χ1v) is 7.44. The predicted octanol–water partition coefficient (Wildman–Crippen LogP) is 1.79. The quantitative estimate of drug-likeness (QED) is 0.646. The van der Waals surface area contributed by atoms with Crippen molar-refractivity contribution < 1.29 is 14.3 Å². The van der Waals surface area contributed by atoms with Crippen LogP contribution in [0.2, 0.25) is 0 Å². The van der Waals surface area contributed by atoms with E-state index in [1.807, 2.05) is 24.3 Å². The van der Waals surface area contributed by atoms with E-state index < -0.39 is 0 Å². The average Bonchev–Trinajstić information content (AvgIpc) is 3.28. The van der Waals surface area contributed by atoms with Crippen LogP contribution in [0.5, 0.6) is 0 Å². The van der Waals surface area contributed by atoms with E-state index in [0.29, 0.717) is 19.8 Å². The second kappa shape index (κ2) is 8.77. The van der Waals surface area contributed by atoms with Crippen molar-refractivity contribution in [2.75, 3.05) is 38.7 Å². The van der Waals surface area contributed by atoms with Crippen LogP contribution in [0.3, 0.4) is 0 Å². The summed E-state index contributed by atoms with van der Waals surface area (Å²) in [5.74, 6) is 0.716. The van der Waals surface area contributed by atoms with Gasteiger partial charge in [0.15, 0.2) is 0 Å². The highest BCUT2D eigenvalue weighted by molar-refractivity contribution is 5.92. The Bertz CT molecular complexity index is 447. The van der Waals surface area contributed by atoms with Crippen molar-refractivity contribution in [2.24, 2.45) is 5.92 Å². The van der Waals surface area contributed by atoms with Crippen LogP contribution in [-0.2, 0) is 20.9 Å². The Morgan fingerprint density at radius 3 is 3.00 bits per heavy atom. The maximum Gasteiger partial charge on any atom is 0.238 e. The number of amides is 1. The molecule has 1 amide bonds. The van der Waals surface area contributed by atoms with Gasteiger partial charge in [0.25, 0.3) is 0 Å². The third kappa shape index (κ3) is 6.71. The first kappa shape index (κ1) is 15.9. The van der Waals surface area contributed by atoms with Gasteiger partial charge in [-0.25, -0.2) is 0 Å². The molecule has 0 spiro atoms. The fourth-order valence-electron chi connectivity index (χ4n) is 1.95. The zero-order chi connectivity index (χ0) is 14.9. The highest BCUT2D eigenvalue weighted by Crippen LogP contribution is 2.29. The normalized spacial score (nSPS) is 14.1. The molecule has 1 aromatic carbocycles. The minimum Gasteiger partial charge on any atom is -0.383 e. The Labute approximate surface area is 126 Å². The van der Waals surface area contributed by atoms with Gasteiger partial charge < -0.3 is 20.1 Å². The van der Waals surface area contributed by atoms with Crippen LogP contribution in [0.15, 0.2) is 24.3 Å². The van der Waals surface area contributed by atoms with Crippen LogP contribution in [0, 0.1) is 5.92 Å². The van der Waals surface area contributed by atoms with Crippen LogP contribution in [-0.4, -0.2) is 39.3 Å². The summed E-state index contributed by atoms with van der Waals surface area (Å²) in [6.07, 6.45) is 2.60. The monoisotopic (exact) mass is 292 g/mol. The van der Waals surface area contributed by atoms with E-state index in [1.165, 1.54) is 12.8 Å². The maximum atomic E-state index is 11.8. The third-order valence-electron chi connectivity index (χ3n) is 3.30. The summed E-state index contributed by atoms with van der Waals surface area (Å²) >= 11 is 0. The molecule has 1 aliphatic carbocycles. The van der Waals surface area contributed by atoms with Crippen molar-refractivity contribution in [3.05, 3.63) is 29.8 Å². The number of carbonyl (C=O) groups excluding carboxylic acids is 1. The van der Waals surface area contributed by atoms with Gasteiger partial charge in [0.2, 0.25) is 5.91 Å². The van der Waals surface area contributed by atoms with E-state index in [-0.39, 0.29) is 12.5 Å². The van der Waals surface area contributed by atoms with E-state index in [4.69, 9.17) is 9.47 Å². The Balaban J connectivity index is 1.70. The molecular weight excluding hydrogens is 268 g/mol. The van der Waals surface area contributed by atoms with Crippen LogP contribution in [0.25, 0.3) is 0 Å². The van der Waals surface area contributed by atoms with Gasteiger partial charge in [-0.05, 0) is 36.5 Å². The SMILES string of the molecule is COCCNCC(=O)Nc1cccc(COCC2CC2)c1. The van der Waals surface area contributed by atoms with Crippen molar-refractivity contribution in [1.29, 1.82) is 0 Å². The standard InChI is InChI=1S/C16H24N2O3/c1-20-8-7-17-10-16(19)18-15-4-2-3-14(9-15)12-21-11-13-5-6-13/h2-4,9,13,17H,5-8,10-12H2,1H3,(H,18,19). The Morgan fingerprint density at radius 1 is 1.38 bits per heavy atom. The number of nitrogens with one attached hydrogen (secondary N) is 2. The van der Waals surface area contributed by atoms with Crippen LogP contribution >= 0.6 is 0 Å². The molecule has 2 rings (SSSR count). The molecule has 1 fully saturated rings. The summed E-state index contributed by atoms with van der Waals surface area (Å²) in [5, 5.41) is 5.89. The molecule has 0 aliphatic heterocycles. The summed E-state index contributed by atoms with van der Waals surface area (Å²) in [6, 6.07) is 7.79. The second-order valence-electron chi connectivity index (χ2n) is 5.38. The van der Waals surface area contributed by atoms with E-state index in [0.717, 1.165) is 23.8 Å². The number of methoxy groups -OCH3 is 1. The van der Waals surface area contributed by atoms with Crippen LogP contribution in [0.1, 0.15) is 18.4 Å². The van der Waals surface area contributed by atoms with Crippen molar-refractivity contribution in [3.63, 3.8) is 0 Å². The molecule has 0 radical (unpaired) electrons. The van der Waals surface area contributed by atoms with Crippen LogP contribution in [0.4, 0.5) is 5.69 Å². The number of hydrogen-bond donors (Lipinski definition) is 2. The molecule has 116 valence electrons. The molecule has 0 bridgehead atoms. The molecule has 1 aliphatic rings. The van der Waals surface area contributed by atoms with Gasteiger partial charge in [-0.1, -0.05) is 12.1 Å². The molecule has 0 heterocycles. The molecule has 1 aromatic rings. The molecule has 0 saturated heterocycles. The lowest BCUT2D eigenvalue weighted by molar-refractivity contribution is -0.115. The fourth-order valence-corrected chi connectivity index (χ4v) is 1.95. The Kier molecular flexibility index (Phi) is 6.66. The summed E-state index contributed by atoms with van der Waals surface area (Å²) in [6.45, 7) is 3.00. The Morgan fingerprint density at radius 2 is 2.24 bits per heavy atom. The first-order valence-electron chi connectivity index (χ1n) is 7.44. The number of anilines is 1. The average molecular weight is 292 g/mol. The Hall–Kier alpha value is -1.43. The molecule has 0 unspecified atom stereocenters. The van der Waals surface area contributed by atoms with E-state index in [9.17, 15) is 4.79 Å². The predicted molar refractivity (Wildman–Crippen MR) is 82.2 cm³/mol. The topological polar surface area (TPSA) is 59.6 Å². The van der Waals surface area contributed by atoms with E-state index in [1.54, 1.807) is 7.11 Å². The van der Waals surface area contributed by atoms with Crippen molar-refractivity contribution in [1.82, 2.24) is 5.32 Å². The van der Waals surface area contributed by atoms with Gasteiger partial charge >= 0.3 is 0 Å². The minimum absolute atomic E-state index is 0.0536.